The molecule has 1 aromatic carbocycles. The number of benzene rings is 1. The van der Waals surface area contributed by atoms with Gasteiger partial charge in [0.25, 0.3) is 0 Å². The largest absolute Gasteiger partial charge is 0.307 e. The molecule has 114 valence electrons. The molecule has 0 fully saturated rings. The Kier molecular flexibility index (Phi) is 4.22. The number of aromatic nitrogens is 2. The van der Waals surface area contributed by atoms with Gasteiger partial charge in [-0.2, -0.15) is 0 Å². The maximum absolute atomic E-state index is 12.0. The van der Waals surface area contributed by atoms with Gasteiger partial charge in [0.2, 0.25) is 10.0 Å². The Hall–Kier alpha value is -2.18. The summed E-state index contributed by atoms with van der Waals surface area (Å²) < 4.78 is 28.6. The summed E-state index contributed by atoms with van der Waals surface area (Å²) in [4.78, 5) is 4.44. The molecule has 0 aliphatic heterocycles. The molecule has 6 heteroatoms. The minimum Gasteiger partial charge on any atom is -0.307 e. The van der Waals surface area contributed by atoms with E-state index in [-0.39, 0.29) is 5.75 Å². The van der Waals surface area contributed by atoms with E-state index in [2.05, 4.69) is 9.71 Å². The number of rotatable bonds is 6. The first-order valence-electron chi connectivity index (χ1n) is 7.06. The van der Waals surface area contributed by atoms with E-state index in [1.165, 1.54) is 0 Å². The highest BCUT2D eigenvalue weighted by Crippen LogP contribution is 2.06. The van der Waals surface area contributed by atoms with Crippen LogP contribution in [0.5, 0.6) is 0 Å². The first-order chi connectivity index (χ1) is 10.6. The summed E-state index contributed by atoms with van der Waals surface area (Å²) >= 11 is 0. The van der Waals surface area contributed by atoms with Crippen molar-refractivity contribution in [1.29, 1.82) is 0 Å². The number of sulfonamides is 1. The van der Waals surface area contributed by atoms with Crippen LogP contribution in [-0.4, -0.2) is 24.3 Å². The predicted octanol–water partition coefficient (Wildman–Crippen LogP) is 2.00. The standard InChI is InChI=1S/C16H17N3O2S/c20-22(21,13-14-6-2-1-3-7-14)17-10-9-15-12-19-11-5-4-8-16(19)18-15/h1-8,11-12,17H,9-10,13H2. The van der Waals surface area contributed by atoms with Crippen molar-refractivity contribution in [3.8, 4) is 0 Å². The van der Waals surface area contributed by atoms with E-state index < -0.39 is 10.0 Å². The Bertz CT molecular complexity index is 824. The maximum atomic E-state index is 12.0. The molecule has 1 N–H and O–H groups in total. The zero-order chi connectivity index (χ0) is 15.4. The lowest BCUT2D eigenvalue weighted by Crippen LogP contribution is -2.27. The van der Waals surface area contributed by atoms with Gasteiger partial charge in [-0.3, -0.25) is 0 Å². The van der Waals surface area contributed by atoms with Crippen LogP contribution in [0.25, 0.3) is 5.65 Å². The quantitative estimate of drug-likeness (QED) is 0.757. The van der Waals surface area contributed by atoms with Gasteiger partial charge < -0.3 is 4.40 Å². The van der Waals surface area contributed by atoms with Crippen LogP contribution in [-0.2, 0) is 22.2 Å². The van der Waals surface area contributed by atoms with Crippen LogP contribution in [0, 0.1) is 0 Å². The van der Waals surface area contributed by atoms with Crippen molar-refractivity contribution in [2.75, 3.05) is 6.54 Å². The molecule has 0 aliphatic carbocycles. The van der Waals surface area contributed by atoms with E-state index in [1.807, 2.05) is 53.2 Å². The third-order valence-corrected chi connectivity index (χ3v) is 4.67. The third kappa shape index (κ3) is 3.72. The monoisotopic (exact) mass is 315 g/mol. The molecule has 3 aromatic rings. The second kappa shape index (κ2) is 6.29. The molecule has 0 amide bonds. The lowest BCUT2D eigenvalue weighted by molar-refractivity contribution is 0.580. The summed E-state index contributed by atoms with van der Waals surface area (Å²) in [5, 5.41) is 0. The van der Waals surface area contributed by atoms with E-state index in [1.54, 1.807) is 12.1 Å². The van der Waals surface area contributed by atoms with E-state index >= 15 is 0 Å². The van der Waals surface area contributed by atoms with Crippen molar-refractivity contribution < 1.29 is 8.42 Å². The molecule has 0 unspecified atom stereocenters. The lowest BCUT2D eigenvalue weighted by atomic mass is 10.2. The van der Waals surface area contributed by atoms with Gasteiger partial charge in [0.15, 0.2) is 0 Å². The van der Waals surface area contributed by atoms with Crippen molar-refractivity contribution in [2.45, 2.75) is 12.2 Å². The van der Waals surface area contributed by atoms with Crippen molar-refractivity contribution in [3.63, 3.8) is 0 Å². The number of imidazole rings is 1. The number of nitrogens with one attached hydrogen (secondary N) is 1. The highest BCUT2D eigenvalue weighted by Gasteiger charge is 2.11. The smallest absolute Gasteiger partial charge is 0.215 e. The second-order valence-corrected chi connectivity index (χ2v) is 6.89. The molecular formula is C16H17N3O2S. The van der Waals surface area contributed by atoms with E-state index in [9.17, 15) is 8.42 Å². The van der Waals surface area contributed by atoms with Gasteiger partial charge >= 0.3 is 0 Å². The normalized spacial score (nSPS) is 11.8. The SMILES string of the molecule is O=S(=O)(Cc1ccccc1)NCCc1cn2ccccc2n1. The molecule has 0 saturated heterocycles. The number of fused-ring (bicyclic) bond motifs is 1. The number of pyridine rings is 1. The summed E-state index contributed by atoms with van der Waals surface area (Å²) in [6.45, 7) is 0.346. The molecule has 0 saturated carbocycles. The Morgan fingerprint density at radius 3 is 2.59 bits per heavy atom. The van der Waals surface area contributed by atoms with Gasteiger partial charge in [-0.25, -0.2) is 18.1 Å². The van der Waals surface area contributed by atoms with E-state index in [0.29, 0.717) is 13.0 Å². The van der Waals surface area contributed by atoms with Crippen LogP contribution in [0.3, 0.4) is 0 Å². The van der Waals surface area contributed by atoms with Crippen LogP contribution in [0.15, 0.2) is 60.9 Å². The van der Waals surface area contributed by atoms with Gasteiger partial charge in [-0.05, 0) is 17.7 Å². The van der Waals surface area contributed by atoms with Gasteiger partial charge in [0, 0.05) is 25.4 Å². The van der Waals surface area contributed by atoms with Gasteiger partial charge in [0.1, 0.15) is 5.65 Å². The summed E-state index contributed by atoms with van der Waals surface area (Å²) in [5.41, 5.74) is 2.51. The van der Waals surface area contributed by atoms with Crippen LogP contribution in [0.4, 0.5) is 0 Å². The summed E-state index contributed by atoms with van der Waals surface area (Å²) in [6.07, 6.45) is 4.40. The summed E-state index contributed by atoms with van der Waals surface area (Å²) in [7, 11) is -3.32. The highest BCUT2D eigenvalue weighted by atomic mass is 32.2. The van der Waals surface area contributed by atoms with Crippen molar-refractivity contribution in [3.05, 3.63) is 72.2 Å². The Morgan fingerprint density at radius 2 is 1.82 bits per heavy atom. The first-order valence-corrected chi connectivity index (χ1v) is 8.71. The first kappa shape index (κ1) is 14.7. The Balaban J connectivity index is 1.58. The summed E-state index contributed by atoms with van der Waals surface area (Å²) in [5.74, 6) is -0.000986. The van der Waals surface area contributed by atoms with Crippen LogP contribution >= 0.6 is 0 Å². The predicted molar refractivity (Wildman–Crippen MR) is 86.0 cm³/mol. The molecule has 0 bridgehead atoms. The molecule has 2 aromatic heterocycles. The number of hydrogen-bond donors (Lipinski definition) is 1. The minimum absolute atomic E-state index is 0.000986. The van der Waals surface area contributed by atoms with Crippen molar-refractivity contribution in [2.24, 2.45) is 0 Å². The van der Waals surface area contributed by atoms with Gasteiger partial charge in [0.05, 0.1) is 11.4 Å². The highest BCUT2D eigenvalue weighted by molar-refractivity contribution is 7.88. The van der Waals surface area contributed by atoms with Crippen molar-refractivity contribution in [1.82, 2.24) is 14.1 Å². The van der Waals surface area contributed by atoms with E-state index in [4.69, 9.17) is 0 Å². The van der Waals surface area contributed by atoms with E-state index in [0.717, 1.165) is 16.9 Å². The molecule has 0 aliphatic rings. The second-order valence-electron chi connectivity index (χ2n) is 5.09. The fraction of sp³-hybridized carbons (Fsp3) is 0.188. The summed E-state index contributed by atoms with van der Waals surface area (Å²) in [6, 6.07) is 14.9. The molecule has 22 heavy (non-hydrogen) atoms. The zero-order valence-electron chi connectivity index (χ0n) is 12.0. The molecule has 0 atom stereocenters. The molecule has 0 spiro atoms. The third-order valence-electron chi connectivity index (χ3n) is 3.32. The fourth-order valence-electron chi connectivity index (χ4n) is 2.29. The van der Waals surface area contributed by atoms with Gasteiger partial charge in [-0.1, -0.05) is 36.4 Å². The Morgan fingerprint density at radius 1 is 1.05 bits per heavy atom. The number of nitrogens with zero attached hydrogens (tertiary/aromatic N) is 2. The molecule has 0 radical (unpaired) electrons. The van der Waals surface area contributed by atoms with Crippen LogP contribution in [0.2, 0.25) is 0 Å². The zero-order valence-corrected chi connectivity index (χ0v) is 12.8. The fourth-order valence-corrected chi connectivity index (χ4v) is 3.43. The Labute approximate surface area is 129 Å². The van der Waals surface area contributed by atoms with Crippen LogP contribution < -0.4 is 4.72 Å². The topological polar surface area (TPSA) is 63.5 Å². The minimum atomic E-state index is -3.32. The van der Waals surface area contributed by atoms with Gasteiger partial charge in [-0.15, -0.1) is 0 Å². The van der Waals surface area contributed by atoms with Crippen LogP contribution in [0.1, 0.15) is 11.3 Å². The average molecular weight is 315 g/mol. The molecule has 2 heterocycles. The lowest BCUT2D eigenvalue weighted by Gasteiger charge is -2.05. The number of hydrogen-bond acceptors (Lipinski definition) is 3. The molecule has 5 nitrogen and oxygen atoms in total. The molecule has 3 rings (SSSR count). The maximum Gasteiger partial charge on any atom is 0.215 e. The van der Waals surface area contributed by atoms with Crippen molar-refractivity contribution >= 4 is 15.7 Å². The molecular weight excluding hydrogens is 298 g/mol. The average Bonchev–Trinajstić information content (AvgIpc) is 2.90.